The minimum atomic E-state index is -1.02. The molecule has 2 aromatic rings. The number of nitro groups is 1. The summed E-state index contributed by atoms with van der Waals surface area (Å²) < 4.78 is 32.5. The quantitative estimate of drug-likeness (QED) is 0.488. The third kappa shape index (κ3) is 2.86. The number of hydrogen-bond donors (Lipinski definition) is 0. The molecule has 0 fully saturated rings. The minimum absolute atomic E-state index is 0.0922. The van der Waals surface area contributed by atoms with Gasteiger partial charge in [-0.25, -0.2) is 8.78 Å². The van der Waals surface area contributed by atoms with Gasteiger partial charge in [-0.2, -0.15) is 0 Å². The molecule has 21 heavy (non-hydrogen) atoms. The second-order valence-electron chi connectivity index (χ2n) is 4.20. The van der Waals surface area contributed by atoms with Crippen molar-refractivity contribution < 1.29 is 23.2 Å². The topological polar surface area (TPSA) is 69.4 Å². The van der Waals surface area contributed by atoms with Crippen molar-refractivity contribution in [1.29, 1.82) is 0 Å². The Morgan fingerprint density at radius 1 is 1.24 bits per heavy atom. The Morgan fingerprint density at radius 3 is 2.57 bits per heavy atom. The molecule has 0 aliphatic carbocycles. The lowest BCUT2D eigenvalue weighted by atomic mass is 10.1. The van der Waals surface area contributed by atoms with Crippen molar-refractivity contribution >= 4 is 12.0 Å². The lowest BCUT2D eigenvalue weighted by Crippen LogP contribution is -1.98. The number of aryl methyl sites for hydroxylation is 1. The molecule has 0 aromatic heterocycles. The molecule has 0 saturated carbocycles. The van der Waals surface area contributed by atoms with Crippen LogP contribution in [0.3, 0.4) is 0 Å². The van der Waals surface area contributed by atoms with Crippen LogP contribution in [0.15, 0.2) is 30.3 Å². The van der Waals surface area contributed by atoms with E-state index in [9.17, 15) is 23.7 Å². The van der Waals surface area contributed by atoms with Crippen LogP contribution in [0.25, 0.3) is 0 Å². The molecule has 0 saturated heterocycles. The van der Waals surface area contributed by atoms with Crippen molar-refractivity contribution in [2.45, 2.75) is 6.92 Å². The standard InChI is InChI=1S/C14H9F2NO4/c1-8-5-13(11(16)6-12(8)17(19)20)21-14-9(7-18)3-2-4-10(14)15/h2-7H,1H3. The number of carbonyl (C=O) groups excluding carboxylic acids is 1. The Bertz CT molecular complexity index is 731. The number of carbonyl (C=O) groups is 1. The highest BCUT2D eigenvalue weighted by atomic mass is 19.1. The molecule has 0 aliphatic heterocycles. The van der Waals surface area contributed by atoms with Crippen LogP contribution in [0.5, 0.6) is 11.5 Å². The van der Waals surface area contributed by atoms with E-state index < -0.39 is 33.7 Å². The van der Waals surface area contributed by atoms with E-state index in [0.717, 1.165) is 12.1 Å². The summed E-state index contributed by atoms with van der Waals surface area (Å²) in [4.78, 5) is 20.8. The summed E-state index contributed by atoms with van der Waals surface area (Å²) in [6, 6.07) is 5.43. The molecular weight excluding hydrogens is 284 g/mol. The normalized spacial score (nSPS) is 10.2. The first-order chi connectivity index (χ1) is 9.93. The maximum Gasteiger partial charge on any atom is 0.275 e. The van der Waals surface area contributed by atoms with Crippen LogP contribution in [0.4, 0.5) is 14.5 Å². The number of hydrogen-bond acceptors (Lipinski definition) is 4. The summed E-state index contributed by atoms with van der Waals surface area (Å²) in [5.74, 6) is -2.69. The highest BCUT2D eigenvalue weighted by Gasteiger charge is 2.19. The Labute approximate surface area is 117 Å². The third-order valence-electron chi connectivity index (χ3n) is 2.78. The van der Waals surface area contributed by atoms with Gasteiger partial charge in [0.2, 0.25) is 0 Å². The third-order valence-corrected chi connectivity index (χ3v) is 2.78. The number of nitro benzene ring substituents is 1. The SMILES string of the molecule is Cc1cc(Oc2c(F)cccc2C=O)c(F)cc1[N+](=O)[O-]. The molecule has 0 bridgehead atoms. The van der Waals surface area contributed by atoms with Gasteiger partial charge in [0.15, 0.2) is 29.4 Å². The van der Waals surface area contributed by atoms with Crippen LogP contribution in [0.1, 0.15) is 15.9 Å². The van der Waals surface area contributed by atoms with Crippen molar-refractivity contribution in [3.63, 3.8) is 0 Å². The predicted octanol–water partition coefficient (Wildman–Crippen LogP) is 3.79. The number of halogens is 2. The number of nitrogens with zero attached hydrogens (tertiary/aromatic N) is 1. The largest absolute Gasteiger partial charge is 0.450 e. The van der Waals surface area contributed by atoms with Crippen LogP contribution in [-0.4, -0.2) is 11.2 Å². The molecule has 0 atom stereocenters. The smallest absolute Gasteiger partial charge is 0.275 e. The van der Waals surface area contributed by atoms with Crippen LogP contribution in [-0.2, 0) is 0 Å². The van der Waals surface area contributed by atoms with Gasteiger partial charge in [-0.1, -0.05) is 6.07 Å². The first-order valence-corrected chi connectivity index (χ1v) is 5.80. The summed E-state index contributed by atoms with van der Waals surface area (Å²) in [7, 11) is 0. The molecule has 108 valence electrons. The average molecular weight is 293 g/mol. The monoisotopic (exact) mass is 293 g/mol. The fourth-order valence-electron chi connectivity index (χ4n) is 1.76. The molecular formula is C14H9F2NO4. The Balaban J connectivity index is 2.48. The van der Waals surface area contributed by atoms with Gasteiger partial charge in [0, 0.05) is 5.56 Å². The number of benzene rings is 2. The summed E-state index contributed by atoms with van der Waals surface area (Å²) in [5.41, 5.74) is -0.352. The van der Waals surface area contributed by atoms with E-state index in [1.807, 2.05) is 0 Å². The van der Waals surface area contributed by atoms with E-state index in [4.69, 9.17) is 4.74 Å². The highest BCUT2D eigenvalue weighted by molar-refractivity contribution is 5.79. The Hall–Kier alpha value is -2.83. The Morgan fingerprint density at radius 2 is 1.95 bits per heavy atom. The van der Waals surface area contributed by atoms with Crippen molar-refractivity contribution in [2.24, 2.45) is 0 Å². The number of aldehydes is 1. The summed E-state index contributed by atoms with van der Waals surface area (Å²) in [6.45, 7) is 1.40. The van der Waals surface area contributed by atoms with Gasteiger partial charge in [0.05, 0.1) is 16.6 Å². The van der Waals surface area contributed by atoms with Crippen molar-refractivity contribution in [3.05, 3.63) is 63.2 Å². The average Bonchev–Trinajstić information content (AvgIpc) is 2.44. The number of ether oxygens (including phenoxy) is 1. The maximum atomic E-state index is 13.8. The molecule has 2 rings (SSSR count). The molecule has 0 N–H and O–H groups in total. The fourth-order valence-corrected chi connectivity index (χ4v) is 1.76. The zero-order chi connectivity index (χ0) is 15.6. The molecule has 2 aromatic carbocycles. The predicted molar refractivity (Wildman–Crippen MR) is 69.7 cm³/mol. The van der Waals surface area contributed by atoms with Crippen LogP contribution in [0.2, 0.25) is 0 Å². The second-order valence-corrected chi connectivity index (χ2v) is 4.20. The molecule has 0 heterocycles. The maximum absolute atomic E-state index is 13.8. The summed E-state index contributed by atoms with van der Waals surface area (Å²) in [6.07, 6.45) is 0.370. The van der Waals surface area contributed by atoms with Gasteiger partial charge < -0.3 is 4.74 Å². The second kappa shape index (κ2) is 5.66. The molecule has 0 radical (unpaired) electrons. The number of para-hydroxylation sites is 1. The van der Waals surface area contributed by atoms with Crippen molar-refractivity contribution in [2.75, 3.05) is 0 Å². The van der Waals surface area contributed by atoms with E-state index in [2.05, 4.69) is 0 Å². The minimum Gasteiger partial charge on any atom is -0.450 e. The molecule has 0 amide bonds. The van der Waals surface area contributed by atoms with E-state index in [1.165, 1.54) is 19.1 Å². The van der Waals surface area contributed by atoms with Crippen LogP contribution < -0.4 is 4.74 Å². The molecule has 5 nitrogen and oxygen atoms in total. The van der Waals surface area contributed by atoms with E-state index in [0.29, 0.717) is 12.4 Å². The van der Waals surface area contributed by atoms with Gasteiger partial charge in [0.1, 0.15) is 0 Å². The zero-order valence-electron chi connectivity index (χ0n) is 10.8. The lowest BCUT2D eigenvalue weighted by molar-refractivity contribution is -0.385. The zero-order valence-corrected chi connectivity index (χ0v) is 10.8. The first kappa shape index (κ1) is 14.6. The van der Waals surface area contributed by atoms with E-state index in [-0.39, 0.29) is 11.1 Å². The van der Waals surface area contributed by atoms with Gasteiger partial charge in [-0.05, 0) is 25.1 Å². The molecule has 0 unspecified atom stereocenters. The van der Waals surface area contributed by atoms with Crippen molar-refractivity contribution in [1.82, 2.24) is 0 Å². The van der Waals surface area contributed by atoms with Gasteiger partial charge in [-0.15, -0.1) is 0 Å². The van der Waals surface area contributed by atoms with Crippen LogP contribution >= 0.6 is 0 Å². The highest BCUT2D eigenvalue weighted by Crippen LogP contribution is 2.33. The fraction of sp³-hybridized carbons (Fsp3) is 0.0714. The van der Waals surface area contributed by atoms with Crippen molar-refractivity contribution in [3.8, 4) is 11.5 Å². The van der Waals surface area contributed by atoms with Gasteiger partial charge in [0.25, 0.3) is 5.69 Å². The summed E-state index contributed by atoms with van der Waals surface area (Å²) in [5, 5.41) is 10.7. The van der Waals surface area contributed by atoms with E-state index in [1.54, 1.807) is 0 Å². The number of rotatable bonds is 4. The van der Waals surface area contributed by atoms with Gasteiger partial charge >= 0.3 is 0 Å². The molecule has 0 spiro atoms. The van der Waals surface area contributed by atoms with Gasteiger partial charge in [-0.3, -0.25) is 14.9 Å². The Kier molecular flexibility index (Phi) is 3.93. The molecule has 7 heteroatoms. The summed E-state index contributed by atoms with van der Waals surface area (Å²) >= 11 is 0. The first-order valence-electron chi connectivity index (χ1n) is 5.80. The molecule has 0 aliphatic rings. The van der Waals surface area contributed by atoms with E-state index >= 15 is 0 Å². The lowest BCUT2D eigenvalue weighted by Gasteiger charge is -2.10. The van der Waals surface area contributed by atoms with Crippen LogP contribution in [0, 0.1) is 28.7 Å².